The van der Waals surface area contributed by atoms with Gasteiger partial charge in [0, 0.05) is 56.3 Å². The molecule has 12 rings (SSSR count). The molecule has 0 aromatic heterocycles. The minimum atomic E-state index is -0.0996. The molecule has 1 saturated carbocycles. The van der Waals surface area contributed by atoms with Gasteiger partial charge in [-0.3, -0.25) is 0 Å². The molecule has 2 atom stereocenters. The summed E-state index contributed by atoms with van der Waals surface area (Å²) < 4.78 is 0. The van der Waals surface area contributed by atoms with Crippen molar-refractivity contribution in [2.45, 2.75) is 124 Å². The highest BCUT2D eigenvalue weighted by Gasteiger charge is 2.62. The number of benzene rings is 8. The Morgan fingerprint density at radius 3 is 1.69 bits per heavy atom. The van der Waals surface area contributed by atoms with Crippen LogP contribution in [-0.2, 0) is 16.2 Å². The van der Waals surface area contributed by atoms with Crippen LogP contribution in [0.2, 0.25) is 0 Å². The molecule has 4 heteroatoms. The quantitative estimate of drug-likeness (QED) is 0.159. The molecule has 72 heavy (non-hydrogen) atoms. The highest BCUT2D eigenvalue weighted by Crippen LogP contribution is 2.65. The Kier molecular flexibility index (Phi) is 10.5. The third-order valence-electron chi connectivity index (χ3n) is 18.2. The number of hydrogen-bond acceptors (Lipinski definition) is 3. The normalized spacial score (nSPS) is 19.8. The Morgan fingerprint density at radius 2 is 1.01 bits per heavy atom. The van der Waals surface area contributed by atoms with Gasteiger partial charge < -0.3 is 14.7 Å². The van der Waals surface area contributed by atoms with Crippen LogP contribution < -0.4 is 31.1 Å². The van der Waals surface area contributed by atoms with Gasteiger partial charge in [-0.2, -0.15) is 0 Å². The van der Waals surface area contributed by atoms with Crippen molar-refractivity contribution in [1.29, 1.82) is 0 Å². The van der Waals surface area contributed by atoms with Crippen molar-refractivity contribution in [3.63, 3.8) is 0 Å². The fraction of sp³-hybridized carbons (Fsp3) is 0.294. The van der Waals surface area contributed by atoms with Crippen molar-refractivity contribution in [3.05, 3.63) is 198 Å². The number of hydrogen-bond donors (Lipinski definition) is 0. The number of nitrogens with zero attached hydrogens (tertiary/aromatic N) is 3. The van der Waals surface area contributed by atoms with Crippen molar-refractivity contribution in [3.8, 4) is 22.3 Å². The van der Waals surface area contributed by atoms with Gasteiger partial charge in [-0.05, 0) is 159 Å². The van der Waals surface area contributed by atoms with E-state index in [2.05, 4.69) is 267 Å². The summed E-state index contributed by atoms with van der Waals surface area (Å²) in [5, 5.41) is 0. The maximum atomic E-state index is 2.79. The smallest absolute Gasteiger partial charge is 0.252 e. The minimum absolute atomic E-state index is 0.000895. The van der Waals surface area contributed by atoms with Gasteiger partial charge in [0.15, 0.2) is 0 Å². The molecule has 3 nitrogen and oxygen atoms in total. The molecule has 0 radical (unpaired) electrons. The number of rotatable bonds is 5. The van der Waals surface area contributed by atoms with Crippen LogP contribution in [-0.4, -0.2) is 12.3 Å². The van der Waals surface area contributed by atoms with Gasteiger partial charge in [0.05, 0.1) is 5.69 Å². The van der Waals surface area contributed by atoms with E-state index in [1.165, 1.54) is 126 Å². The molecule has 8 aromatic rings. The molecule has 2 unspecified atom stereocenters. The van der Waals surface area contributed by atoms with Crippen LogP contribution in [0.1, 0.15) is 117 Å². The Balaban J connectivity index is 1.15. The van der Waals surface area contributed by atoms with Crippen molar-refractivity contribution < 1.29 is 0 Å². The molecule has 4 aliphatic rings. The van der Waals surface area contributed by atoms with Gasteiger partial charge >= 0.3 is 0 Å². The Hall–Kier alpha value is -6.78. The summed E-state index contributed by atoms with van der Waals surface area (Å²) in [5.41, 5.74) is 24.1. The van der Waals surface area contributed by atoms with Crippen LogP contribution in [0.15, 0.2) is 176 Å². The lowest BCUT2D eigenvalue weighted by Gasteiger charge is -2.66. The van der Waals surface area contributed by atoms with Crippen molar-refractivity contribution >= 4 is 68.6 Å². The molecule has 0 bridgehead atoms. The summed E-state index contributed by atoms with van der Waals surface area (Å²) in [7, 11) is 0. The van der Waals surface area contributed by atoms with Gasteiger partial charge in [-0.1, -0.05) is 190 Å². The van der Waals surface area contributed by atoms with Crippen molar-refractivity contribution in [1.82, 2.24) is 0 Å². The largest absolute Gasteiger partial charge is 0.335 e. The van der Waals surface area contributed by atoms with Crippen molar-refractivity contribution in [2.75, 3.05) is 14.7 Å². The molecule has 0 saturated heterocycles. The average molecular weight is 940 g/mol. The monoisotopic (exact) mass is 940 g/mol. The van der Waals surface area contributed by atoms with Gasteiger partial charge in [-0.25, -0.2) is 0 Å². The second-order valence-electron chi connectivity index (χ2n) is 24.6. The zero-order chi connectivity index (χ0) is 50.1. The first-order chi connectivity index (χ1) is 34.4. The second kappa shape index (κ2) is 16.4. The summed E-state index contributed by atoms with van der Waals surface area (Å²) in [5.74, 6) is 0. The SMILES string of the molecule is Cc1cc2c3c(c1)N(c1ccc(C(C)(C)C)cc1-c1ccccc1)c1cc(-c4ccccc4)ccc1B3c1ccc(N3c4ccccc4C(C)(C)C4(C)CCCCC34C)cc1N2c1ccc(C(C)(C)C)cc1. The van der Waals surface area contributed by atoms with Gasteiger partial charge in [0.1, 0.15) is 0 Å². The van der Waals surface area contributed by atoms with E-state index in [-0.39, 0.29) is 33.9 Å². The standard InChI is InChI=1S/C68H70BN3/c1-45-40-61-63-62(41-45)71(57-37-31-50(65(5,6)7)43-53(57)47-24-16-13-17-25-47)59-42-48(46-22-14-12-15-23-46)28-35-55(59)69(63)56-36-34-52(44-60(56)70(61)51-32-29-49(30-33-51)64(2,3)4)72-58-27-19-18-26-54(58)66(8,9)67(10)38-20-21-39-68(67,72)11/h12-19,22-37,40-44H,20-21,38-39H2,1-11H3. The van der Waals surface area contributed by atoms with E-state index in [4.69, 9.17) is 0 Å². The molecule has 0 N–H and O–H groups in total. The van der Waals surface area contributed by atoms with E-state index >= 15 is 0 Å². The van der Waals surface area contributed by atoms with Crippen LogP contribution in [0.3, 0.4) is 0 Å². The predicted octanol–water partition coefficient (Wildman–Crippen LogP) is 16.8. The van der Waals surface area contributed by atoms with E-state index in [1.807, 2.05) is 0 Å². The van der Waals surface area contributed by atoms with Gasteiger partial charge in [0.2, 0.25) is 0 Å². The number of fused-ring (bicyclic) bond motifs is 6. The van der Waals surface area contributed by atoms with E-state index in [9.17, 15) is 0 Å². The third kappa shape index (κ3) is 6.91. The molecule has 8 aromatic carbocycles. The summed E-state index contributed by atoms with van der Waals surface area (Å²) >= 11 is 0. The summed E-state index contributed by atoms with van der Waals surface area (Å²) in [6.07, 6.45) is 4.86. The number of anilines is 8. The fourth-order valence-electron chi connectivity index (χ4n) is 13.8. The van der Waals surface area contributed by atoms with Crippen molar-refractivity contribution in [2.24, 2.45) is 5.41 Å². The lowest BCUT2D eigenvalue weighted by atomic mass is 9.33. The molecule has 0 spiro atoms. The zero-order valence-electron chi connectivity index (χ0n) is 44.5. The number of aryl methyl sites for hydroxylation is 1. The van der Waals surface area contributed by atoms with E-state index < -0.39 is 0 Å². The first kappa shape index (κ1) is 46.3. The Labute approximate surface area is 430 Å². The Morgan fingerprint density at radius 1 is 0.444 bits per heavy atom. The maximum absolute atomic E-state index is 2.79. The molecular weight excluding hydrogens is 870 g/mol. The second-order valence-corrected chi connectivity index (χ2v) is 24.6. The molecular formula is C68H70BN3. The fourth-order valence-corrected chi connectivity index (χ4v) is 13.8. The predicted molar refractivity (Wildman–Crippen MR) is 310 cm³/mol. The van der Waals surface area contributed by atoms with Crippen LogP contribution in [0.5, 0.6) is 0 Å². The van der Waals surface area contributed by atoms with Crippen LogP contribution >= 0.6 is 0 Å². The van der Waals surface area contributed by atoms with E-state index in [0.717, 1.165) is 6.42 Å². The molecule has 3 heterocycles. The lowest BCUT2D eigenvalue weighted by Crippen LogP contribution is -2.67. The van der Waals surface area contributed by atoms with E-state index in [0.29, 0.717) is 0 Å². The molecule has 1 fully saturated rings. The highest BCUT2D eigenvalue weighted by atomic mass is 15.3. The molecule has 1 aliphatic carbocycles. The summed E-state index contributed by atoms with van der Waals surface area (Å²) in [6, 6.07) is 67.8. The Bertz CT molecular complexity index is 3410. The third-order valence-corrected chi connectivity index (χ3v) is 18.2. The highest BCUT2D eigenvalue weighted by molar-refractivity contribution is 7.00. The summed E-state index contributed by atoms with van der Waals surface area (Å²) in [6.45, 7) is 26.4. The summed E-state index contributed by atoms with van der Waals surface area (Å²) in [4.78, 5) is 8.04. The number of para-hydroxylation sites is 1. The van der Waals surface area contributed by atoms with Crippen LogP contribution in [0.25, 0.3) is 22.3 Å². The average Bonchev–Trinajstić information content (AvgIpc) is 3.36. The minimum Gasteiger partial charge on any atom is -0.335 e. The molecule has 0 amide bonds. The molecule has 3 aliphatic heterocycles. The lowest BCUT2D eigenvalue weighted by molar-refractivity contribution is 0.0106. The van der Waals surface area contributed by atoms with Crippen LogP contribution in [0.4, 0.5) is 45.5 Å². The zero-order valence-corrected chi connectivity index (χ0v) is 44.5. The van der Waals surface area contributed by atoms with Crippen LogP contribution in [0, 0.1) is 12.3 Å². The van der Waals surface area contributed by atoms with E-state index in [1.54, 1.807) is 0 Å². The van der Waals surface area contributed by atoms with Gasteiger partial charge in [-0.15, -0.1) is 0 Å². The maximum Gasteiger partial charge on any atom is 0.252 e. The first-order valence-corrected chi connectivity index (χ1v) is 26.7. The topological polar surface area (TPSA) is 9.72 Å². The first-order valence-electron chi connectivity index (χ1n) is 26.7. The van der Waals surface area contributed by atoms with Gasteiger partial charge in [0.25, 0.3) is 6.71 Å². The molecule has 360 valence electrons.